The van der Waals surface area contributed by atoms with Crippen molar-refractivity contribution in [3.05, 3.63) is 68.7 Å². The standard InChI is InChI=1S/C25H26BrFN6O3/c26-20-14-32(30-23(20)33(35)36)25-10-17-7-18(11-25)9-24(8-17,15-25)12-22(34)28-21-5-6-31(29-21)13-16-1-3-19(27)4-2-16/h1-6,14,17-18H,7-13,15H2,(H,28,29,34). The van der Waals surface area contributed by atoms with Crippen LogP contribution in [0.15, 0.2) is 47.2 Å². The van der Waals surface area contributed by atoms with Gasteiger partial charge in [-0.2, -0.15) is 9.78 Å². The Morgan fingerprint density at radius 2 is 1.89 bits per heavy atom. The number of carbonyl (C=O) groups is 1. The van der Waals surface area contributed by atoms with E-state index in [0.717, 1.165) is 44.1 Å². The maximum absolute atomic E-state index is 13.2. The zero-order chi connectivity index (χ0) is 25.1. The van der Waals surface area contributed by atoms with Crippen molar-refractivity contribution in [2.24, 2.45) is 17.3 Å². The first-order valence-corrected chi connectivity index (χ1v) is 13.0. The molecular formula is C25H26BrFN6O3. The van der Waals surface area contributed by atoms with Gasteiger partial charge in [0, 0.05) is 18.7 Å². The number of nitrogens with one attached hydrogen (secondary N) is 1. The molecule has 188 valence electrons. The third-order valence-corrected chi connectivity index (χ3v) is 8.72. The van der Waals surface area contributed by atoms with Crippen molar-refractivity contribution >= 4 is 33.5 Å². The highest BCUT2D eigenvalue weighted by molar-refractivity contribution is 9.10. The molecular weight excluding hydrogens is 531 g/mol. The van der Waals surface area contributed by atoms with Crippen LogP contribution >= 0.6 is 15.9 Å². The molecule has 2 atom stereocenters. The van der Waals surface area contributed by atoms with E-state index in [1.807, 2.05) is 4.68 Å². The number of benzene rings is 1. The van der Waals surface area contributed by atoms with Gasteiger partial charge in [-0.25, -0.2) is 4.39 Å². The summed E-state index contributed by atoms with van der Waals surface area (Å²) in [5.74, 6) is 0.984. The molecule has 3 aromatic rings. The summed E-state index contributed by atoms with van der Waals surface area (Å²) in [5.41, 5.74) is 0.498. The predicted molar refractivity (Wildman–Crippen MR) is 133 cm³/mol. The Bertz CT molecular complexity index is 1320. The van der Waals surface area contributed by atoms with Crippen LogP contribution in [-0.4, -0.2) is 30.4 Å². The molecule has 36 heavy (non-hydrogen) atoms. The molecule has 2 aromatic heterocycles. The minimum atomic E-state index is -0.459. The lowest BCUT2D eigenvalue weighted by atomic mass is 9.46. The van der Waals surface area contributed by atoms with E-state index in [4.69, 9.17) is 0 Å². The Labute approximate surface area is 215 Å². The predicted octanol–water partition coefficient (Wildman–Crippen LogP) is 5.26. The first kappa shape index (κ1) is 23.3. The quantitative estimate of drug-likeness (QED) is 0.315. The number of amides is 1. The third kappa shape index (κ3) is 4.23. The van der Waals surface area contributed by atoms with Gasteiger partial charge in [0.05, 0.1) is 23.4 Å². The molecule has 4 fully saturated rings. The zero-order valence-corrected chi connectivity index (χ0v) is 21.2. The van der Waals surface area contributed by atoms with Gasteiger partial charge >= 0.3 is 5.82 Å². The van der Waals surface area contributed by atoms with Crippen LogP contribution in [0.4, 0.5) is 16.0 Å². The van der Waals surface area contributed by atoms with Gasteiger partial charge in [-0.3, -0.25) is 9.48 Å². The molecule has 7 rings (SSSR count). The summed E-state index contributed by atoms with van der Waals surface area (Å²) in [4.78, 5) is 24.1. The van der Waals surface area contributed by atoms with E-state index in [1.165, 1.54) is 12.1 Å². The fourth-order valence-corrected chi connectivity index (χ4v) is 7.83. The van der Waals surface area contributed by atoms with Gasteiger partial charge in [-0.05, 0) is 94.3 Å². The van der Waals surface area contributed by atoms with Gasteiger partial charge in [0.1, 0.15) is 10.3 Å². The van der Waals surface area contributed by atoms with E-state index in [0.29, 0.717) is 35.1 Å². The fraction of sp³-hybridized carbons (Fsp3) is 0.480. The Hall–Kier alpha value is -3.08. The van der Waals surface area contributed by atoms with Crippen LogP contribution in [0.1, 0.15) is 50.5 Å². The molecule has 4 bridgehead atoms. The molecule has 1 N–H and O–H groups in total. The van der Waals surface area contributed by atoms with Crippen LogP contribution in [0.2, 0.25) is 0 Å². The van der Waals surface area contributed by atoms with E-state index >= 15 is 0 Å². The summed E-state index contributed by atoms with van der Waals surface area (Å²) in [7, 11) is 0. The van der Waals surface area contributed by atoms with Gasteiger partial charge in [0.15, 0.2) is 5.82 Å². The van der Waals surface area contributed by atoms with E-state index < -0.39 is 4.92 Å². The number of hydrogen-bond acceptors (Lipinski definition) is 5. The number of nitrogens with zero attached hydrogens (tertiary/aromatic N) is 5. The van der Waals surface area contributed by atoms with Crippen molar-refractivity contribution in [2.45, 2.75) is 57.0 Å². The molecule has 4 aliphatic rings. The summed E-state index contributed by atoms with van der Waals surface area (Å²) in [6.45, 7) is 0.484. The van der Waals surface area contributed by atoms with Crippen LogP contribution in [0, 0.1) is 33.2 Å². The SMILES string of the molecule is O=C(CC12CC3CC(C1)CC(n1cc(Br)c([N+](=O)[O-])n1)(C3)C2)Nc1ccn(Cc2ccc(F)cc2)n1. The largest absolute Gasteiger partial charge is 0.404 e. The van der Waals surface area contributed by atoms with E-state index in [1.54, 1.807) is 35.3 Å². The van der Waals surface area contributed by atoms with Crippen molar-refractivity contribution in [1.82, 2.24) is 19.6 Å². The molecule has 9 nitrogen and oxygen atoms in total. The fourth-order valence-electron chi connectivity index (χ4n) is 7.41. The van der Waals surface area contributed by atoms with Crippen molar-refractivity contribution in [2.75, 3.05) is 5.32 Å². The Kier molecular flexibility index (Phi) is 5.51. The second-order valence-corrected chi connectivity index (χ2v) is 11.8. The molecule has 2 heterocycles. The van der Waals surface area contributed by atoms with E-state index in [9.17, 15) is 19.3 Å². The van der Waals surface area contributed by atoms with Gasteiger partial charge in [0.25, 0.3) is 0 Å². The lowest BCUT2D eigenvalue weighted by molar-refractivity contribution is -0.390. The summed E-state index contributed by atoms with van der Waals surface area (Å²) in [5, 5.41) is 23.2. The van der Waals surface area contributed by atoms with Crippen LogP contribution in [0.5, 0.6) is 0 Å². The summed E-state index contributed by atoms with van der Waals surface area (Å²) in [6.07, 6.45) is 9.79. The topological polar surface area (TPSA) is 108 Å². The number of carbonyl (C=O) groups excluding carboxylic acids is 1. The lowest BCUT2D eigenvalue weighted by Gasteiger charge is -2.61. The lowest BCUT2D eigenvalue weighted by Crippen LogP contribution is -2.57. The van der Waals surface area contributed by atoms with Crippen LogP contribution in [-0.2, 0) is 16.9 Å². The van der Waals surface area contributed by atoms with Gasteiger partial charge in [0.2, 0.25) is 5.91 Å². The molecule has 0 saturated heterocycles. The Morgan fingerprint density at radius 3 is 2.56 bits per heavy atom. The van der Waals surface area contributed by atoms with Gasteiger partial charge in [-0.15, -0.1) is 0 Å². The maximum Gasteiger partial charge on any atom is 0.404 e. The van der Waals surface area contributed by atoms with Crippen LogP contribution < -0.4 is 5.32 Å². The highest BCUT2D eigenvalue weighted by atomic mass is 79.9. The first-order chi connectivity index (χ1) is 17.2. The number of halogens is 2. The molecule has 1 amide bonds. The van der Waals surface area contributed by atoms with Crippen molar-refractivity contribution in [3.63, 3.8) is 0 Å². The smallest absolute Gasteiger partial charge is 0.358 e. The minimum absolute atomic E-state index is 0.0632. The average molecular weight is 557 g/mol. The molecule has 0 aliphatic heterocycles. The third-order valence-electron chi connectivity index (χ3n) is 8.16. The molecule has 2 unspecified atom stereocenters. The number of rotatable bonds is 7. The Balaban J connectivity index is 1.16. The van der Waals surface area contributed by atoms with Gasteiger partial charge < -0.3 is 15.4 Å². The molecule has 11 heteroatoms. The number of anilines is 1. The second kappa shape index (κ2) is 8.50. The minimum Gasteiger partial charge on any atom is -0.358 e. The van der Waals surface area contributed by atoms with Crippen molar-refractivity contribution < 1.29 is 14.1 Å². The number of aromatic nitrogens is 4. The Morgan fingerprint density at radius 1 is 1.17 bits per heavy atom. The highest BCUT2D eigenvalue weighted by Crippen LogP contribution is 2.65. The second-order valence-electron chi connectivity index (χ2n) is 10.9. The van der Waals surface area contributed by atoms with Crippen molar-refractivity contribution in [1.29, 1.82) is 0 Å². The van der Waals surface area contributed by atoms with Crippen LogP contribution in [0.3, 0.4) is 0 Å². The first-order valence-electron chi connectivity index (χ1n) is 12.2. The monoisotopic (exact) mass is 556 g/mol. The van der Waals surface area contributed by atoms with Crippen molar-refractivity contribution in [3.8, 4) is 0 Å². The molecule has 4 saturated carbocycles. The zero-order valence-electron chi connectivity index (χ0n) is 19.6. The summed E-state index contributed by atoms with van der Waals surface area (Å²) in [6, 6.07) is 8.03. The number of nitro groups is 1. The molecule has 0 radical (unpaired) electrons. The molecule has 1 aromatic carbocycles. The molecule has 0 spiro atoms. The van der Waals surface area contributed by atoms with Crippen LogP contribution in [0.25, 0.3) is 0 Å². The normalized spacial score (nSPS) is 28.4. The molecule has 4 aliphatic carbocycles. The number of hydrogen-bond donors (Lipinski definition) is 1. The maximum atomic E-state index is 13.2. The summed E-state index contributed by atoms with van der Waals surface area (Å²) < 4.78 is 17.1. The van der Waals surface area contributed by atoms with E-state index in [2.05, 4.69) is 31.4 Å². The highest BCUT2D eigenvalue weighted by Gasteiger charge is 2.60. The summed E-state index contributed by atoms with van der Waals surface area (Å²) >= 11 is 3.30. The van der Waals surface area contributed by atoms with E-state index in [-0.39, 0.29) is 28.5 Å². The average Bonchev–Trinajstić information content (AvgIpc) is 3.40. The van der Waals surface area contributed by atoms with Gasteiger partial charge in [-0.1, -0.05) is 12.1 Å².